The molecule has 3 nitrogen and oxygen atoms in total. The van der Waals surface area contributed by atoms with E-state index in [1.165, 1.54) is 0 Å². The molecule has 0 saturated carbocycles. The van der Waals surface area contributed by atoms with Crippen LogP contribution in [0.3, 0.4) is 0 Å². The molecular weight excluding hydrogens is 435 g/mol. The first-order valence-electron chi connectivity index (χ1n) is 5.73. The number of rotatable bonds is 2. The van der Waals surface area contributed by atoms with Gasteiger partial charge in [0.1, 0.15) is 0 Å². The molecule has 0 bridgehead atoms. The molecule has 0 unspecified atom stereocenters. The Morgan fingerprint density at radius 3 is 1.46 bits per heavy atom. The maximum atomic E-state index is 4.42. The summed E-state index contributed by atoms with van der Waals surface area (Å²) in [5.74, 6) is 0. The molecule has 0 N–H and O–H groups in total. The Hall–Kier alpha value is -0.810. The molecule has 0 fully saturated rings. The first-order chi connectivity index (χ1) is 8.95. The molecule has 0 spiro atoms. The van der Waals surface area contributed by atoms with Gasteiger partial charge in [-0.3, -0.25) is 15.0 Å². The van der Waals surface area contributed by atoms with Crippen LogP contribution in [0.5, 0.6) is 0 Å². The fraction of sp³-hybridized carbons (Fsp3) is 0. The predicted octanol–water partition coefficient (Wildman–Crippen LogP) is 5.74. The molecule has 9 heteroatoms. The van der Waals surface area contributed by atoms with Crippen LogP contribution in [0.25, 0.3) is 22.6 Å². The van der Waals surface area contributed by atoms with Crippen LogP contribution in [-0.2, 0) is 0 Å². The smallest absolute Gasteiger partial charge is 0.0980 e. The Bertz CT molecular complexity index is 597. The van der Waals surface area contributed by atoms with Gasteiger partial charge < -0.3 is 0 Å². The number of pyridine rings is 3. The van der Waals surface area contributed by atoms with Crippen molar-refractivity contribution in [3.63, 3.8) is 0 Å². The summed E-state index contributed by atoms with van der Waals surface area (Å²) in [6, 6.07) is 15.6. The third kappa shape index (κ3) is 7.39. The van der Waals surface area contributed by atoms with E-state index in [0.29, 0.717) is 0 Å². The van der Waals surface area contributed by atoms with E-state index in [-0.39, 0.29) is 74.4 Å². The van der Waals surface area contributed by atoms with Gasteiger partial charge in [-0.25, -0.2) is 0 Å². The number of halogens is 6. The Morgan fingerprint density at radius 1 is 0.458 bits per heavy atom. The van der Waals surface area contributed by atoms with Gasteiger partial charge in [0, 0.05) is 24.2 Å². The minimum absolute atomic E-state index is 0. The molecule has 3 aromatic heterocycles. The van der Waals surface area contributed by atoms with E-state index in [4.69, 9.17) is 0 Å². The average Bonchev–Trinajstić information content (AvgIpc) is 2.49. The molecule has 0 aromatic carbocycles. The van der Waals surface area contributed by atoms with Crippen LogP contribution in [0.15, 0.2) is 67.1 Å². The van der Waals surface area contributed by atoms with Gasteiger partial charge in [0.2, 0.25) is 0 Å². The average molecular weight is 452 g/mol. The zero-order chi connectivity index (χ0) is 12.2. The molecule has 134 valence electrons. The van der Waals surface area contributed by atoms with E-state index in [1.54, 1.807) is 18.6 Å². The van der Waals surface area contributed by atoms with Crippen molar-refractivity contribution >= 4 is 74.4 Å². The third-order valence-corrected chi connectivity index (χ3v) is 2.66. The molecule has 0 aliphatic rings. The topological polar surface area (TPSA) is 38.7 Å². The molecule has 24 heavy (non-hydrogen) atoms. The van der Waals surface area contributed by atoms with E-state index < -0.39 is 0 Å². The van der Waals surface area contributed by atoms with Crippen LogP contribution in [0.1, 0.15) is 0 Å². The summed E-state index contributed by atoms with van der Waals surface area (Å²) >= 11 is 0. The van der Waals surface area contributed by atoms with Crippen LogP contribution in [0.4, 0.5) is 0 Å². The van der Waals surface area contributed by atoms with E-state index in [2.05, 4.69) is 15.0 Å². The number of aromatic nitrogens is 3. The van der Waals surface area contributed by atoms with Gasteiger partial charge in [0.05, 0.1) is 17.1 Å². The molecular formula is C15H17Cl6N3. The number of hydrogen-bond donors (Lipinski definition) is 0. The molecule has 0 aliphatic heterocycles. The Balaban J connectivity index is -0.000000333. The first kappa shape index (κ1) is 31.0. The monoisotopic (exact) mass is 449 g/mol. The summed E-state index contributed by atoms with van der Waals surface area (Å²) in [7, 11) is 0. The second-order valence-corrected chi connectivity index (χ2v) is 3.83. The second-order valence-electron chi connectivity index (χ2n) is 3.83. The minimum atomic E-state index is 0. The zero-order valence-corrected chi connectivity index (χ0v) is 17.0. The van der Waals surface area contributed by atoms with E-state index in [1.807, 2.05) is 48.5 Å². The highest BCUT2D eigenvalue weighted by molar-refractivity contribution is 5.86. The molecule has 0 radical (unpaired) electrons. The molecule has 3 rings (SSSR count). The second kappa shape index (κ2) is 15.7. The van der Waals surface area contributed by atoms with E-state index in [9.17, 15) is 0 Å². The lowest BCUT2D eigenvalue weighted by molar-refractivity contribution is 1.23. The highest BCUT2D eigenvalue weighted by Gasteiger charge is 2.09. The van der Waals surface area contributed by atoms with Crippen LogP contribution >= 0.6 is 74.4 Å². The lowest BCUT2D eigenvalue weighted by Gasteiger charge is -2.06. The summed E-state index contributed by atoms with van der Waals surface area (Å²) in [6.45, 7) is 0. The van der Waals surface area contributed by atoms with E-state index >= 15 is 0 Å². The van der Waals surface area contributed by atoms with Gasteiger partial charge in [0.15, 0.2) is 0 Å². The summed E-state index contributed by atoms with van der Waals surface area (Å²) < 4.78 is 0. The summed E-state index contributed by atoms with van der Waals surface area (Å²) in [6.07, 6.45) is 5.33. The maximum Gasteiger partial charge on any atom is 0.0980 e. The number of hydrogen-bond acceptors (Lipinski definition) is 3. The highest BCUT2D eigenvalue weighted by Crippen LogP contribution is 2.26. The molecule has 0 amide bonds. The van der Waals surface area contributed by atoms with Crippen molar-refractivity contribution in [3.8, 4) is 22.6 Å². The molecule has 3 aromatic rings. The van der Waals surface area contributed by atoms with Crippen molar-refractivity contribution in [2.45, 2.75) is 0 Å². The van der Waals surface area contributed by atoms with Crippen molar-refractivity contribution in [3.05, 3.63) is 67.1 Å². The zero-order valence-electron chi connectivity index (χ0n) is 12.1. The quantitative estimate of drug-likeness (QED) is 0.499. The van der Waals surface area contributed by atoms with Crippen LogP contribution in [0, 0.1) is 0 Å². The largest absolute Gasteiger partial charge is 0.256 e. The fourth-order valence-corrected chi connectivity index (χ4v) is 1.84. The third-order valence-electron chi connectivity index (χ3n) is 2.66. The standard InChI is InChI=1S/C15H11N3.6ClH/c1-3-9-16-13(7-1)12-6-5-11-18-15(12)14-8-2-4-10-17-14;;;;;;/h1-11H;6*1H. The van der Waals surface area contributed by atoms with Crippen molar-refractivity contribution in [1.82, 2.24) is 15.0 Å². The Labute approximate surface area is 178 Å². The van der Waals surface area contributed by atoms with Crippen molar-refractivity contribution < 1.29 is 0 Å². The maximum absolute atomic E-state index is 4.42. The Kier molecular flexibility index (Phi) is 20.3. The molecule has 0 atom stereocenters. The van der Waals surface area contributed by atoms with Crippen LogP contribution < -0.4 is 0 Å². The SMILES string of the molecule is Cl.Cl.Cl.Cl.Cl.Cl.c1ccc(-c2cccnc2-c2ccccn2)nc1. The van der Waals surface area contributed by atoms with Gasteiger partial charge in [-0.15, -0.1) is 74.4 Å². The first-order valence-corrected chi connectivity index (χ1v) is 5.73. The van der Waals surface area contributed by atoms with Gasteiger partial charge >= 0.3 is 0 Å². The fourth-order valence-electron chi connectivity index (χ4n) is 1.84. The summed E-state index contributed by atoms with van der Waals surface area (Å²) in [5, 5.41) is 0. The van der Waals surface area contributed by atoms with Crippen molar-refractivity contribution in [2.24, 2.45) is 0 Å². The summed E-state index contributed by atoms with van der Waals surface area (Å²) in [4.78, 5) is 13.1. The van der Waals surface area contributed by atoms with E-state index in [0.717, 1.165) is 22.6 Å². The van der Waals surface area contributed by atoms with Crippen LogP contribution in [-0.4, -0.2) is 15.0 Å². The normalized spacial score (nSPS) is 7.67. The predicted molar refractivity (Wildman–Crippen MR) is 114 cm³/mol. The summed E-state index contributed by atoms with van der Waals surface area (Å²) in [5.41, 5.74) is 3.62. The van der Waals surface area contributed by atoms with Gasteiger partial charge in [0.25, 0.3) is 0 Å². The lowest BCUT2D eigenvalue weighted by Crippen LogP contribution is -1.92. The molecule has 3 heterocycles. The Morgan fingerprint density at radius 2 is 0.958 bits per heavy atom. The van der Waals surface area contributed by atoms with Crippen LogP contribution in [0.2, 0.25) is 0 Å². The number of nitrogens with zero attached hydrogens (tertiary/aromatic N) is 3. The molecule has 0 aliphatic carbocycles. The van der Waals surface area contributed by atoms with Crippen molar-refractivity contribution in [1.29, 1.82) is 0 Å². The van der Waals surface area contributed by atoms with Gasteiger partial charge in [-0.2, -0.15) is 0 Å². The highest BCUT2D eigenvalue weighted by atomic mass is 35.5. The molecule has 0 saturated heterocycles. The van der Waals surface area contributed by atoms with Gasteiger partial charge in [-0.05, 0) is 36.4 Å². The van der Waals surface area contributed by atoms with Gasteiger partial charge in [-0.1, -0.05) is 12.1 Å². The van der Waals surface area contributed by atoms with Crippen molar-refractivity contribution in [2.75, 3.05) is 0 Å². The minimum Gasteiger partial charge on any atom is -0.256 e. The lowest BCUT2D eigenvalue weighted by atomic mass is 10.1.